The first-order valence-corrected chi connectivity index (χ1v) is 11.7. The number of benzene rings is 2. The monoisotopic (exact) mass is 425 g/mol. The van der Waals surface area contributed by atoms with Crippen LogP contribution in [0.1, 0.15) is 49.4 Å². The Bertz CT molecular complexity index is 854. The van der Waals surface area contributed by atoms with Gasteiger partial charge in [-0.05, 0) is 54.3 Å². The Labute approximate surface area is 183 Å². The number of carbonyl (C=O) groups excluding carboxylic acids is 2. The first kappa shape index (κ1) is 22.2. The van der Waals surface area contributed by atoms with Gasteiger partial charge in [-0.1, -0.05) is 43.3 Å². The molecule has 3 amide bonds. The molecule has 0 fully saturated rings. The third-order valence-corrected chi connectivity index (χ3v) is 6.27. The summed E-state index contributed by atoms with van der Waals surface area (Å²) >= 11 is 1.80. The Morgan fingerprint density at radius 1 is 1.10 bits per heavy atom. The minimum absolute atomic E-state index is 0.0688. The number of rotatable bonds is 8. The Balaban J connectivity index is 1.35. The number of urea groups is 1. The first-order valence-electron chi connectivity index (χ1n) is 10.7. The molecule has 30 heavy (non-hydrogen) atoms. The summed E-state index contributed by atoms with van der Waals surface area (Å²) in [6, 6.07) is 16.3. The summed E-state index contributed by atoms with van der Waals surface area (Å²) < 4.78 is 0. The molecule has 0 saturated heterocycles. The van der Waals surface area contributed by atoms with Crippen LogP contribution in [0.4, 0.5) is 4.79 Å². The number of hydrogen-bond acceptors (Lipinski definition) is 3. The largest absolute Gasteiger partial charge is 0.338 e. The van der Waals surface area contributed by atoms with E-state index >= 15 is 0 Å². The number of hydrogen-bond donors (Lipinski definition) is 2. The quantitative estimate of drug-likeness (QED) is 0.483. The summed E-state index contributed by atoms with van der Waals surface area (Å²) in [5.41, 5.74) is 3.66. The lowest BCUT2D eigenvalue weighted by Gasteiger charge is -2.29. The summed E-state index contributed by atoms with van der Waals surface area (Å²) in [5.74, 6) is 1.20. The van der Waals surface area contributed by atoms with Crippen LogP contribution in [0.2, 0.25) is 0 Å². The molecule has 0 spiro atoms. The number of amides is 3. The molecule has 0 aliphatic carbocycles. The van der Waals surface area contributed by atoms with Gasteiger partial charge in [0.05, 0.1) is 6.04 Å². The molecule has 0 radical (unpaired) electrons. The third-order valence-electron chi connectivity index (χ3n) is 5.38. The molecule has 6 heteroatoms. The Morgan fingerprint density at radius 2 is 1.83 bits per heavy atom. The van der Waals surface area contributed by atoms with E-state index in [0.717, 1.165) is 24.3 Å². The van der Waals surface area contributed by atoms with Crippen molar-refractivity contribution >= 4 is 23.7 Å². The molecule has 1 heterocycles. The fraction of sp³-hybridized carbons (Fsp3) is 0.417. The highest BCUT2D eigenvalue weighted by molar-refractivity contribution is 7.99. The number of nitrogens with one attached hydrogen (secondary N) is 2. The van der Waals surface area contributed by atoms with Gasteiger partial charge in [-0.2, -0.15) is 0 Å². The topological polar surface area (TPSA) is 61.4 Å². The van der Waals surface area contributed by atoms with Gasteiger partial charge in [0.25, 0.3) is 0 Å². The van der Waals surface area contributed by atoms with E-state index in [1.165, 1.54) is 16.0 Å². The zero-order chi connectivity index (χ0) is 21.3. The minimum atomic E-state index is -0.200. The van der Waals surface area contributed by atoms with Crippen molar-refractivity contribution < 1.29 is 9.59 Å². The second-order valence-corrected chi connectivity index (χ2v) is 8.90. The average molecular weight is 426 g/mol. The molecule has 0 saturated carbocycles. The van der Waals surface area contributed by atoms with E-state index in [0.29, 0.717) is 25.9 Å². The molecule has 3 rings (SSSR count). The predicted octanol–water partition coefficient (Wildman–Crippen LogP) is 4.52. The molecule has 0 bridgehead atoms. The van der Waals surface area contributed by atoms with Crippen LogP contribution in [0, 0.1) is 0 Å². The summed E-state index contributed by atoms with van der Waals surface area (Å²) in [7, 11) is 0. The molecular formula is C24H31N3O2S. The zero-order valence-corrected chi connectivity index (χ0v) is 18.6. The summed E-state index contributed by atoms with van der Waals surface area (Å²) in [6.45, 7) is 6.05. The van der Waals surface area contributed by atoms with Gasteiger partial charge in [0, 0.05) is 31.0 Å². The average Bonchev–Trinajstić information content (AvgIpc) is 2.77. The van der Waals surface area contributed by atoms with Gasteiger partial charge in [0.1, 0.15) is 0 Å². The lowest BCUT2D eigenvalue weighted by atomic mass is 9.99. The maximum Gasteiger partial charge on any atom is 0.315 e. The number of thioether (sulfide) groups is 1. The number of fused-ring (bicyclic) bond motifs is 1. The van der Waals surface area contributed by atoms with Crippen molar-refractivity contribution in [1.29, 1.82) is 0 Å². The van der Waals surface area contributed by atoms with Crippen molar-refractivity contribution in [2.24, 2.45) is 0 Å². The van der Waals surface area contributed by atoms with Gasteiger partial charge in [-0.25, -0.2) is 4.79 Å². The van der Waals surface area contributed by atoms with Gasteiger partial charge in [-0.15, -0.1) is 11.8 Å². The van der Waals surface area contributed by atoms with Gasteiger partial charge in [0.15, 0.2) is 0 Å². The van der Waals surface area contributed by atoms with Gasteiger partial charge in [-0.3, -0.25) is 4.79 Å². The van der Waals surface area contributed by atoms with Gasteiger partial charge < -0.3 is 15.5 Å². The van der Waals surface area contributed by atoms with Crippen LogP contribution in [0.3, 0.4) is 0 Å². The van der Waals surface area contributed by atoms with Crippen molar-refractivity contribution in [1.82, 2.24) is 15.5 Å². The maximum absolute atomic E-state index is 12.5. The number of nitrogens with zero attached hydrogens (tertiary/aromatic N) is 1. The fourth-order valence-electron chi connectivity index (χ4n) is 3.66. The van der Waals surface area contributed by atoms with E-state index in [2.05, 4.69) is 60.0 Å². The molecule has 2 aromatic carbocycles. The second-order valence-electron chi connectivity index (χ2n) is 7.56. The Kier molecular flexibility index (Phi) is 8.20. The molecule has 2 aromatic rings. The zero-order valence-electron chi connectivity index (χ0n) is 17.8. The van der Waals surface area contributed by atoms with E-state index in [1.54, 1.807) is 11.8 Å². The molecule has 1 atom stereocenters. The van der Waals surface area contributed by atoms with E-state index < -0.39 is 0 Å². The third kappa shape index (κ3) is 6.26. The van der Waals surface area contributed by atoms with Crippen LogP contribution in [-0.2, 0) is 17.8 Å². The molecule has 5 nitrogen and oxygen atoms in total. The van der Waals surface area contributed by atoms with Crippen molar-refractivity contribution in [3.63, 3.8) is 0 Å². The molecular weight excluding hydrogens is 394 g/mol. The standard InChI is InChI=1S/C24H31N3O2S/c1-3-30-22-12-10-19(11-13-22)18(2)26-24(29)25-15-6-9-23(28)27-16-14-20-7-4-5-8-21(20)17-27/h4-5,7-8,10-13,18H,3,6,9,14-17H2,1-2H3,(H2,25,26,29). The van der Waals surface area contributed by atoms with Crippen molar-refractivity contribution in [2.75, 3.05) is 18.8 Å². The van der Waals surface area contributed by atoms with E-state index in [4.69, 9.17) is 0 Å². The Morgan fingerprint density at radius 3 is 2.57 bits per heavy atom. The van der Waals surface area contributed by atoms with E-state index in [-0.39, 0.29) is 18.0 Å². The van der Waals surface area contributed by atoms with Crippen LogP contribution in [0.25, 0.3) is 0 Å². The van der Waals surface area contributed by atoms with Gasteiger partial charge in [0.2, 0.25) is 5.91 Å². The van der Waals surface area contributed by atoms with Crippen LogP contribution >= 0.6 is 11.8 Å². The SMILES string of the molecule is CCSc1ccc(C(C)NC(=O)NCCCC(=O)N2CCc3ccccc3C2)cc1. The molecule has 160 valence electrons. The lowest BCUT2D eigenvalue weighted by molar-refractivity contribution is -0.132. The van der Waals surface area contributed by atoms with Crippen molar-refractivity contribution in [3.8, 4) is 0 Å². The van der Waals surface area contributed by atoms with E-state index in [1.807, 2.05) is 17.9 Å². The fourth-order valence-corrected chi connectivity index (χ4v) is 4.32. The lowest BCUT2D eigenvalue weighted by Crippen LogP contribution is -2.38. The Hall–Kier alpha value is -2.47. The van der Waals surface area contributed by atoms with Gasteiger partial charge >= 0.3 is 6.03 Å². The van der Waals surface area contributed by atoms with E-state index in [9.17, 15) is 9.59 Å². The highest BCUT2D eigenvalue weighted by Gasteiger charge is 2.19. The first-order chi connectivity index (χ1) is 14.6. The van der Waals surface area contributed by atoms with Crippen molar-refractivity contribution in [2.45, 2.75) is 50.6 Å². The normalized spacial score (nSPS) is 14.0. The van der Waals surface area contributed by atoms with Crippen LogP contribution in [0.5, 0.6) is 0 Å². The predicted molar refractivity (Wildman–Crippen MR) is 123 cm³/mol. The molecule has 1 aliphatic heterocycles. The van der Waals surface area contributed by atoms with Crippen LogP contribution in [-0.4, -0.2) is 35.7 Å². The summed E-state index contributed by atoms with van der Waals surface area (Å²) in [4.78, 5) is 27.8. The summed E-state index contributed by atoms with van der Waals surface area (Å²) in [5, 5.41) is 5.82. The second kappa shape index (κ2) is 11.1. The van der Waals surface area contributed by atoms with Crippen LogP contribution < -0.4 is 10.6 Å². The minimum Gasteiger partial charge on any atom is -0.338 e. The maximum atomic E-state index is 12.5. The highest BCUT2D eigenvalue weighted by Crippen LogP contribution is 2.21. The summed E-state index contributed by atoms with van der Waals surface area (Å²) in [6.07, 6.45) is 2.01. The molecule has 1 aliphatic rings. The smallest absolute Gasteiger partial charge is 0.315 e. The molecule has 0 aromatic heterocycles. The molecule has 2 N–H and O–H groups in total. The highest BCUT2D eigenvalue weighted by atomic mass is 32.2. The van der Waals surface area contributed by atoms with Crippen molar-refractivity contribution in [3.05, 3.63) is 65.2 Å². The van der Waals surface area contributed by atoms with Crippen LogP contribution in [0.15, 0.2) is 53.4 Å². The number of carbonyl (C=O) groups is 2. The molecule has 1 unspecified atom stereocenters.